The van der Waals surface area contributed by atoms with Crippen molar-refractivity contribution < 1.29 is 23.7 Å². The van der Waals surface area contributed by atoms with Crippen molar-refractivity contribution in [1.29, 1.82) is 0 Å². The third-order valence-corrected chi connectivity index (χ3v) is 2.01. The van der Waals surface area contributed by atoms with Gasteiger partial charge in [-0.1, -0.05) is 13.8 Å². The molecule has 0 amide bonds. The summed E-state index contributed by atoms with van der Waals surface area (Å²) in [6, 6.07) is 0. The zero-order chi connectivity index (χ0) is 9.99. The van der Waals surface area contributed by atoms with E-state index in [0.717, 1.165) is 0 Å². The lowest BCUT2D eigenvalue weighted by Gasteiger charge is -2.20. The van der Waals surface area contributed by atoms with Gasteiger partial charge in [-0.15, -0.1) is 0 Å². The molecule has 72 valence electrons. The quantitative estimate of drug-likeness (QED) is 0.647. The van der Waals surface area contributed by atoms with Crippen LogP contribution in [-0.2, 0) is 13.9 Å². The van der Waals surface area contributed by atoms with Gasteiger partial charge in [-0.05, 0) is 6.92 Å². The van der Waals surface area contributed by atoms with E-state index < -0.39 is 13.2 Å². The Kier molecular flexibility index (Phi) is 3.59. The summed E-state index contributed by atoms with van der Waals surface area (Å²) >= 11 is 0. The second kappa shape index (κ2) is 3.66. The molecule has 0 aromatic rings. The average molecular weight is 196 g/mol. The monoisotopic (exact) mass is 196 g/mol. The summed E-state index contributed by atoms with van der Waals surface area (Å²) in [6.45, 7) is 4.20. The van der Waals surface area contributed by atoms with Gasteiger partial charge in [0.1, 0.15) is 5.78 Å². The largest absolute Gasteiger partial charge is 0.469 e. The van der Waals surface area contributed by atoms with Crippen LogP contribution in [0.4, 0.5) is 0 Å². The smallest absolute Gasteiger partial charge is 0.303 e. The lowest BCUT2D eigenvalue weighted by atomic mass is 9.90. The second-order valence-corrected chi connectivity index (χ2v) is 4.44. The summed E-state index contributed by atoms with van der Waals surface area (Å²) in [5.41, 5.74) is -0.846. The topological polar surface area (TPSA) is 83.8 Å². The van der Waals surface area contributed by atoms with E-state index in [4.69, 9.17) is 9.79 Å². The molecule has 0 heterocycles. The van der Waals surface area contributed by atoms with Crippen molar-refractivity contribution in [2.75, 3.05) is 6.61 Å². The Morgan fingerprint density at radius 2 is 1.92 bits per heavy atom. The van der Waals surface area contributed by atoms with Crippen LogP contribution in [0.2, 0.25) is 0 Å². The van der Waals surface area contributed by atoms with Gasteiger partial charge in [0.05, 0.1) is 6.61 Å². The number of rotatable bonds is 4. The first-order valence-corrected chi connectivity index (χ1v) is 4.89. The molecular weight excluding hydrogens is 183 g/mol. The molecule has 6 heteroatoms. The molecular formula is C6H13O5P. The van der Waals surface area contributed by atoms with Gasteiger partial charge >= 0.3 is 7.82 Å². The molecule has 5 nitrogen and oxygen atoms in total. The third-order valence-electron chi connectivity index (χ3n) is 1.55. The fourth-order valence-electron chi connectivity index (χ4n) is 0.347. The molecule has 0 aliphatic rings. The molecule has 0 bridgehead atoms. The Labute approximate surface area is 71.0 Å². The predicted octanol–water partition coefficient (Wildman–Crippen LogP) is 0.711. The number of Topliss-reactive ketones (excluding diaryl/α,β-unsaturated/α-hetero) is 1. The molecule has 0 radical (unpaired) electrons. The van der Waals surface area contributed by atoms with E-state index in [9.17, 15) is 9.36 Å². The van der Waals surface area contributed by atoms with Crippen LogP contribution in [-0.4, -0.2) is 22.2 Å². The van der Waals surface area contributed by atoms with Crippen molar-refractivity contribution in [3.8, 4) is 0 Å². The van der Waals surface area contributed by atoms with Crippen molar-refractivity contribution in [2.45, 2.75) is 20.8 Å². The Hall–Kier alpha value is -0.220. The van der Waals surface area contributed by atoms with Gasteiger partial charge in [0.15, 0.2) is 0 Å². The molecule has 0 aromatic carbocycles. The lowest BCUT2D eigenvalue weighted by molar-refractivity contribution is -0.126. The second-order valence-electron chi connectivity index (χ2n) is 3.20. The predicted molar refractivity (Wildman–Crippen MR) is 42.5 cm³/mol. The molecule has 0 fully saturated rings. The minimum Gasteiger partial charge on any atom is -0.303 e. The third kappa shape index (κ3) is 4.62. The maximum absolute atomic E-state index is 10.8. The number of carbonyl (C=O) groups excluding carboxylic acids is 1. The zero-order valence-corrected chi connectivity index (χ0v) is 8.17. The maximum Gasteiger partial charge on any atom is 0.469 e. The molecule has 0 aliphatic carbocycles. The zero-order valence-electron chi connectivity index (χ0n) is 7.27. The van der Waals surface area contributed by atoms with Crippen LogP contribution in [0.25, 0.3) is 0 Å². The van der Waals surface area contributed by atoms with Gasteiger partial charge in [-0.3, -0.25) is 9.32 Å². The standard InChI is InChI=1S/C6H13O5P/c1-5(7)6(2,3)4-11-12(8,9)10/h4H2,1-3H3,(H2,8,9,10). The molecule has 0 aromatic heterocycles. The lowest BCUT2D eigenvalue weighted by Crippen LogP contribution is -2.26. The first-order valence-electron chi connectivity index (χ1n) is 3.36. The van der Waals surface area contributed by atoms with Crippen molar-refractivity contribution in [1.82, 2.24) is 0 Å². The van der Waals surface area contributed by atoms with Gasteiger partial charge < -0.3 is 9.79 Å². The summed E-state index contributed by atoms with van der Waals surface area (Å²) < 4.78 is 14.5. The number of hydrogen-bond acceptors (Lipinski definition) is 3. The van der Waals surface area contributed by atoms with E-state index >= 15 is 0 Å². The van der Waals surface area contributed by atoms with Gasteiger partial charge in [-0.25, -0.2) is 4.57 Å². The van der Waals surface area contributed by atoms with Crippen LogP contribution in [0.15, 0.2) is 0 Å². The first kappa shape index (κ1) is 11.8. The fourth-order valence-corrected chi connectivity index (χ4v) is 0.838. The van der Waals surface area contributed by atoms with Crippen LogP contribution in [0.5, 0.6) is 0 Å². The Balaban J connectivity index is 4.10. The molecule has 0 spiro atoms. The number of phosphoric ester groups is 1. The number of carbonyl (C=O) groups is 1. The highest BCUT2D eigenvalue weighted by Gasteiger charge is 2.27. The highest BCUT2D eigenvalue weighted by molar-refractivity contribution is 7.46. The normalized spacial score (nSPS) is 13.1. The SMILES string of the molecule is CC(=O)C(C)(C)COP(=O)(O)O. The first-order chi connectivity index (χ1) is 5.15. The van der Waals surface area contributed by atoms with Crippen LogP contribution in [0, 0.1) is 5.41 Å². The van der Waals surface area contributed by atoms with E-state index in [-0.39, 0.29) is 12.4 Å². The fraction of sp³-hybridized carbons (Fsp3) is 0.833. The van der Waals surface area contributed by atoms with Crippen LogP contribution < -0.4 is 0 Å². The highest BCUT2D eigenvalue weighted by Crippen LogP contribution is 2.38. The minimum atomic E-state index is -4.45. The summed E-state index contributed by atoms with van der Waals surface area (Å²) in [5, 5.41) is 0. The maximum atomic E-state index is 10.8. The molecule has 12 heavy (non-hydrogen) atoms. The molecule has 2 N–H and O–H groups in total. The van der Waals surface area contributed by atoms with E-state index in [0.29, 0.717) is 0 Å². The number of phosphoric acid groups is 1. The van der Waals surface area contributed by atoms with Crippen LogP contribution in [0.3, 0.4) is 0 Å². The Morgan fingerprint density at radius 1 is 1.50 bits per heavy atom. The van der Waals surface area contributed by atoms with Gasteiger partial charge in [0.2, 0.25) is 0 Å². The van der Waals surface area contributed by atoms with E-state index in [1.54, 1.807) is 13.8 Å². The molecule has 0 aliphatic heterocycles. The average Bonchev–Trinajstić information content (AvgIpc) is 1.82. The van der Waals surface area contributed by atoms with E-state index in [1.165, 1.54) is 6.92 Å². The summed E-state index contributed by atoms with van der Waals surface area (Å²) in [4.78, 5) is 27.5. The molecule has 0 atom stereocenters. The molecule has 0 unspecified atom stereocenters. The van der Waals surface area contributed by atoms with E-state index in [1.807, 2.05) is 0 Å². The van der Waals surface area contributed by atoms with Crippen molar-refractivity contribution >= 4 is 13.6 Å². The van der Waals surface area contributed by atoms with Gasteiger partial charge in [0.25, 0.3) is 0 Å². The Morgan fingerprint density at radius 3 is 2.17 bits per heavy atom. The summed E-state index contributed by atoms with van der Waals surface area (Å²) in [7, 11) is -4.45. The van der Waals surface area contributed by atoms with Gasteiger partial charge in [-0.2, -0.15) is 0 Å². The summed E-state index contributed by atoms with van der Waals surface area (Å²) in [6.07, 6.45) is 0. The number of hydrogen-bond donors (Lipinski definition) is 2. The molecule has 0 saturated carbocycles. The van der Waals surface area contributed by atoms with Crippen LogP contribution >= 0.6 is 7.82 Å². The Bertz CT molecular complexity index is 216. The van der Waals surface area contributed by atoms with Crippen molar-refractivity contribution in [2.24, 2.45) is 5.41 Å². The van der Waals surface area contributed by atoms with E-state index in [2.05, 4.69) is 4.52 Å². The van der Waals surface area contributed by atoms with Gasteiger partial charge in [0, 0.05) is 5.41 Å². The number of ketones is 1. The molecule has 0 saturated heterocycles. The van der Waals surface area contributed by atoms with Crippen molar-refractivity contribution in [3.63, 3.8) is 0 Å². The highest BCUT2D eigenvalue weighted by atomic mass is 31.2. The summed E-state index contributed by atoms with van der Waals surface area (Å²) in [5.74, 6) is -0.170. The molecule has 0 rings (SSSR count). The minimum absolute atomic E-state index is 0.170. The van der Waals surface area contributed by atoms with Crippen molar-refractivity contribution in [3.05, 3.63) is 0 Å². The van der Waals surface area contributed by atoms with Crippen LogP contribution in [0.1, 0.15) is 20.8 Å².